The van der Waals surface area contributed by atoms with E-state index in [9.17, 15) is 4.79 Å². The highest BCUT2D eigenvalue weighted by molar-refractivity contribution is 7.80. The predicted molar refractivity (Wildman–Crippen MR) is 125 cm³/mol. The molecule has 2 aromatic carbocycles. The van der Waals surface area contributed by atoms with E-state index < -0.39 is 0 Å². The molecule has 0 fully saturated rings. The van der Waals surface area contributed by atoms with Gasteiger partial charge >= 0.3 is 0 Å². The quantitative estimate of drug-likeness (QED) is 0.583. The van der Waals surface area contributed by atoms with Gasteiger partial charge in [-0.25, -0.2) is 0 Å². The number of aromatic nitrogens is 1. The number of benzene rings is 2. The second kappa shape index (κ2) is 9.23. The maximum atomic E-state index is 12.8. The SMILES string of the molecule is Cc1cc(C)c2[nH]c(=O)c(CN(Cc3ccccc3)C(=S)NCC(C)C)cc2c1. The second-order valence-corrected chi connectivity index (χ2v) is 8.48. The Kier molecular flexibility index (Phi) is 6.70. The summed E-state index contributed by atoms with van der Waals surface area (Å²) in [5.41, 5.74) is 4.98. The van der Waals surface area contributed by atoms with E-state index >= 15 is 0 Å². The van der Waals surface area contributed by atoms with Crippen LogP contribution in [0, 0.1) is 19.8 Å². The Morgan fingerprint density at radius 2 is 1.83 bits per heavy atom. The first-order chi connectivity index (χ1) is 13.8. The Labute approximate surface area is 178 Å². The Morgan fingerprint density at radius 1 is 1.10 bits per heavy atom. The molecule has 0 aliphatic carbocycles. The topological polar surface area (TPSA) is 48.1 Å². The molecule has 1 aromatic heterocycles. The summed E-state index contributed by atoms with van der Waals surface area (Å²) in [4.78, 5) is 17.9. The van der Waals surface area contributed by atoms with Gasteiger partial charge in [0.1, 0.15) is 0 Å². The van der Waals surface area contributed by atoms with Crippen molar-refractivity contribution in [1.29, 1.82) is 0 Å². The number of H-pyrrole nitrogens is 1. The standard InChI is InChI=1S/C24H29N3OS/c1-16(2)13-25-24(29)27(14-19-8-6-5-7-9-19)15-21-12-20-11-17(3)10-18(4)22(20)26-23(21)28/h5-12,16H,13-15H2,1-4H3,(H,25,29)(H,26,28). The number of nitrogens with one attached hydrogen (secondary N) is 2. The van der Waals surface area contributed by atoms with E-state index in [1.165, 1.54) is 5.56 Å². The fourth-order valence-electron chi connectivity index (χ4n) is 3.46. The van der Waals surface area contributed by atoms with Crippen LogP contribution in [-0.2, 0) is 13.1 Å². The molecule has 3 aromatic rings. The number of pyridine rings is 1. The number of fused-ring (bicyclic) bond motifs is 1. The van der Waals surface area contributed by atoms with Crippen molar-refractivity contribution >= 4 is 28.2 Å². The summed E-state index contributed by atoms with van der Waals surface area (Å²) in [5, 5.41) is 5.07. The first kappa shape index (κ1) is 21.1. The maximum absolute atomic E-state index is 12.8. The van der Waals surface area contributed by atoms with Gasteiger partial charge in [0.25, 0.3) is 5.56 Å². The zero-order chi connectivity index (χ0) is 21.0. The van der Waals surface area contributed by atoms with E-state index in [2.05, 4.69) is 60.2 Å². The molecule has 0 radical (unpaired) electrons. The molecule has 2 N–H and O–H groups in total. The van der Waals surface area contributed by atoms with Gasteiger partial charge in [-0.05, 0) is 60.6 Å². The first-order valence-electron chi connectivity index (χ1n) is 10.0. The van der Waals surface area contributed by atoms with Gasteiger partial charge in [0.05, 0.1) is 12.1 Å². The summed E-state index contributed by atoms with van der Waals surface area (Å²) in [6.07, 6.45) is 0. The monoisotopic (exact) mass is 407 g/mol. The van der Waals surface area contributed by atoms with Crippen LogP contribution < -0.4 is 10.9 Å². The van der Waals surface area contributed by atoms with Crippen LogP contribution >= 0.6 is 12.2 Å². The van der Waals surface area contributed by atoms with E-state index in [-0.39, 0.29) is 5.56 Å². The van der Waals surface area contributed by atoms with Gasteiger partial charge in [-0.15, -0.1) is 0 Å². The van der Waals surface area contributed by atoms with Gasteiger partial charge in [-0.1, -0.05) is 55.8 Å². The Morgan fingerprint density at radius 3 is 2.52 bits per heavy atom. The normalized spacial score (nSPS) is 11.1. The highest BCUT2D eigenvalue weighted by Crippen LogP contribution is 2.19. The van der Waals surface area contributed by atoms with Crippen molar-refractivity contribution < 1.29 is 0 Å². The van der Waals surface area contributed by atoms with Crippen molar-refractivity contribution in [3.8, 4) is 0 Å². The zero-order valence-corrected chi connectivity index (χ0v) is 18.4. The van der Waals surface area contributed by atoms with Crippen molar-refractivity contribution in [2.45, 2.75) is 40.8 Å². The van der Waals surface area contributed by atoms with Crippen LogP contribution in [-0.4, -0.2) is 21.5 Å². The summed E-state index contributed by atoms with van der Waals surface area (Å²) in [6.45, 7) is 10.3. The molecule has 0 spiro atoms. The number of hydrogen-bond donors (Lipinski definition) is 2. The lowest BCUT2D eigenvalue weighted by atomic mass is 10.1. The van der Waals surface area contributed by atoms with Crippen LogP contribution in [0.3, 0.4) is 0 Å². The molecule has 0 unspecified atom stereocenters. The minimum Gasteiger partial charge on any atom is -0.362 e. The van der Waals surface area contributed by atoms with E-state index in [0.717, 1.165) is 28.6 Å². The fourth-order valence-corrected chi connectivity index (χ4v) is 3.67. The van der Waals surface area contributed by atoms with E-state index in [4.69, 9.17) is 12.2 Å². The van der Waals surface area contributed by atoms with Crippen LogP contribution in [0.4, 0.5) is 0 Å². The van der Waals surface area contributed by atoms with Crippen LogP contribution in [0.2, 0.25) is 0 Å². The Hall–Kier alpha value is -2.66. The lowest BCUT2D eigenvalue weighted by Gasteiger charge is -2.26. The lowest BCUT2D eigenvalue weighted by Crippen LogP contribution is -2.41. The minimum atomic E-state index is -0.0609. The zero-order valence-electron chi connectivity index (χ0n) is 17.6. The van der Waals surface area contributed by atoms with Gasteiger partial charge < -0.3 is 15.2 Å². The number of hydrogen-bond acceptors (Lipinski definition) is 2. The number of aromatic amines is 1. The van der Waals surface area contributed by atoms with E-state index in [0.29, 0.717) is 29.7 Å². The highest BCUT2D eigenvalue weighted by Gasteiger charge is 2.15. The molecule has 29 heavy (non-hydrogen) atoms. The molecule has 0 amide bonds. The third kappa shape index (κ3) is 5.45. The van der Waals surface area contributed by atoms with Crippen molar-refractivity contribution in [3.05, 3.63) is 81.1 Å². The molecule has 0 atom stereocenters. The summed E-state index contributed by atoms with van der Waals surface area (Å²) in [7, 11) is 0. The summed E-state index contributed by atoms with van der Waals surface area (Å²) < 4.78 is 0. The number of aryl methyl sites for hydroxylation is 2. The van der Waals surface area contributed by atoms with Gasteiger partial charge in [0.15, 0.2) is 5.11 Å². The van der Waals surface area contributed by atoms with Crippen molar-refractivity contribution in [1.82, 2.24) is 15.2 Å². The molecule has 0 aliphatic heterocycles. The van der Waals surface area contributed by atoms with Crippen molar-refractivity contribution in [3.63, 3.8) is 0 Å². The fraction of sp³-hybridized carbons (Fsp3) is 0.333. The second-order valence-electron chi connectivity index (χ2n) is 8.09. The van der Waals surface area contributed by atoms with Gasteiger partial charge in [0, 0.05) is 18.7 Å². The number of nitrogens with zero attached hydrogens (tertiary/aromatic N) is 1. The van der Waals surface area contributed by atoms with Crippen LogP contribution in [0.15, 0.2) is 53.3 Å². The van der Waals surface area contributed by atoms with Crippen LogP contribution in [0.25, 0.3) is 10.9 Å². The molecule has 152 valence electrons. The lowest BCUT2D eigenvalue weighted by molar-refractivity contribution is 0.394. The molecule has 0 bridgehead atoms. The summed E-state index contributed by atoms with van der Waals surface area (Å²) >= 11 is 5.68. The summed E-state index contributed by atoms with van der Waals surface area (Å²) in [5.74, 6) is 0.488. The molecule has 0 aliphatic rings. The minimum absolute atomic E-state index is 0.0609. The molecule has 3 rings (SSSR count). The Balaban J connectivity index is 1.92. The van der Waals surface area contributed by atoms with Crippen LogP contribution in [0.1, 0.15) is 36.1 Å². The van der Waals surface area contributed by atoms with Crippen molar-refractivity contribution in [2.24, 2.45) is 5.92 Å². The van der Waals surface area contributed by atoms with E-state index in [1.807, 2.05) is 31.2 Å². The smallest absolute Gasteiger partial charge is 0.253 e. The number of rotatable bonds is 6. The molecule has 5 heteroatoms. The largest absolute Gasteiger partial charge is 0.362 e. The highest BCUT2D eigenvalue weighted by atomic mass is 32.1. The van der Waals surface area contributed by atoms with E-state index in [1.54, 1.807) is 0 Å². The molecular formula is C24H29N3OS. The predicted octanol–water partition coefficient (Wildman–Crippen LogP) is 4.68. The average Bonchev–Trinajstić information content (AvgIpc) is 2.67. The van der Waals surface area contributed by atoms with Gasteiger partial charge in [0.2, 0.25) is 0 Å². The van der Waals surface area contributed by atoms with Crippen LogP contribution in [0.5, 0.6) is 0 Å². The summed E-state index contributed by atoms with van der Waals surface area (Å²) in [6, 6.07) is 16.4. The molecule has 1 heterocycles. The third-order valence-electron chi connectivity index (χ3n) is 4.90. The third-order valence-corrected chi connectivity index (χ3v) is 5.30. The van der Waals surface area contributed by atoms with Crippen molar-refractivity contribution in [2.75, 3.05) is 6.54 Å². The van der Waals surface area contributed by atoms with Gasteiger partial charge in [-0.3, -0.25) is 4.79 Å². The molecular weight excluding hydrogens is 378 g/mol. The maximum Gasteiger partial charge on any atom is 0.253 e. The average molecular weight is 408 g/mol. The van der Waals surface area contributed by atoms with Gasteiger partial charge in [-0.2, -0.15) is 0 Å². The molecule has 0 saturated heterocycles. The molecule has 4 nitrogen and oxygen atoms in total. The molecule has 0 saturated carbocycles. The number of thiocarbonyl (C=S) groups is 1. The first-order valence-corrected chi connectivity index (χ1v) is 10.4. The Bertz CT molecular complexity index is 1060.